The molecule has 0 unspecified atom stereocenters. The second-order valence-electron chi connectivity index (χ2n) is 6.96. The Kier molecular flexibility index (Phi) is 8.51. The number of carbonyl (C=O) groups excluding carboxylic acids is 1. The minimum Gasteiger partial charge on any atom is -0.545 e. The van der Waals surface area contributed by atoms with Gasteiger partial charge in [-0.15, -0.1) is 0 Å². The summed E-state index contributed by atoms with van der Waals surface area (Å²) in [5.41, 5.74) is 3.85. The van der Waals surface area contributed by atoms with Gasteiger partial charge in [0.2, 0.25) is 0 Å². The molecule has 3 aromatic carbocycles. The van der Waals surface area contributed by atoms with Crippen molar-refractivity contribution in [3.63, 3.8) is 0 Å². The maximum Gasteiger partial charge on any atom is 1.00 e. The first-order valence-electron chi connectivity index (χ1n) is 9.26. The summed E-state index contributed by atoms with van der Waals surface area (Å²) in [4.78, 5) is 14.3. The van der Waals surface area contributed by atoms with Crippen LogP contribution in [0.25, 0.3) is 0 Å². The van der Waals surface area contributed by atoms with Crippen LogP contribution in [0, 0.1) is 0 Å². The van der Waals surface area contributed by atoms with Crippen molar-refractivity contribution in [2.45, 2.75) is 24.8 Å². The van der Waals surface area contributed by atoms with Crippen molar-refractivity contribution in [3.8, 4) is 0 Å². The molecule has 0 saturated heterocycles. The van der Waals surface area contributed by atoms with Gasteiger partial charge >= 0.3 is 29.6 Å². The van der Waals surface area contributed by atoms with Crippen LogP contribution in [0.2, 0.25) is 6.04 Å². The first kappa shape index (κ1) is 22.4. The number of aromatic carboxylic acids is 1. The number of carboxylic acid groups (broad SMARTS) is 1. The molecule has 1 N–H and O–H groups in total. The van der Waals surface area contributed by atoms with Gasteiger partial charge in [-0.2, -0.15) is 0 Å². The standard InChI is InChI=1S/C23H25NO2Si.Na/c1-23(19-8-4-2-5-9-19,20-10-6-3-7-11-20)16-17-27-24-21-14-12-18(13-15-21)22(25)26;/h2-15,24H,16-17,27H2,1H3,(H,25,26);/q;+1/p-1. The van der Waals surface area contributed by atoms with Crippen molar-refractivity contribution in [3.05, 3.63) is 102 Å². The van der Waals surface area contributed by atoms with E-state index in [9.17, 15) is 9.90 Å². The largest absolute Gasteiger partial charge is 1.00 e. The van der Waals surface area contributed by atoms with Crippen molar-refractivity contribution in [2.24, 2.45) is 0 Å². The molecule has 138 valence electrons. The maximum absolute atomic E-state index is 10.8. The molecule has 0 saturated carbocycles. The van der Waals surface area contributed by atoms with Gasteiger partial charge in [0.15, 0.2) is 0 Å². The van der Waals surface area contributed by atoms with E-state index >= 15 is 0 Å². The molecule has 0 aliphatic heterocycles. The van der Waals surface area contributed by atoms with Gasteiger partial charge in [-0.1, -0.05) is 79.7 Å². The zero-order valence-electron chi connectivity index (χ0n) is 16.5. The molecule has 0 atom stereocenters. The van der Waals surface area contributed by atoms with Crippen molar-refractivity contribution in [1.29, 1.82) is 0 Å². The molecule has 0 aliphatic rings. The van der Waals surface area contributed by atoms with E-state index < -0.39 is 15.7 Å². The third-order valence-electron chi connectivity index (χ3n) is 5.13. The molecule has 28 heavy (non-hydrogen) atoms. The van der Waals surface area contributed by atoms with E-state index in [2.05, 4.69) is 72.6 Å². The predicted octanol–water partition coefficient (Wildman–Crippen LogP) is 0.364. The van der Waals surface area contributed by atoms with Gasteiger partial charge < -0.3 is 14.9 Å². The van der Waals surface area contributed by atoms with Crippen LogP contribution in [0.4, 0.5) is 5.69 Å². The number of hydrogen-bond acceptors (Lipinski definition) is 3. The zero-order valence-corrected chi connectivity index (χ0v) is 19.9. The summed E-state index contributed by atoms with van der Waals surface area (Å²) in [6.45, 7) is 2.32. The van der Waals surface area contributed by atoms with Crippen molar-refractivity contribution in [2.75, 3.05) is 4.98 Å². The first-order valence-corrected chi connectivity index (χ1v) is 11.0. The summed E-state index contributed by atoms with van der Waals surface area (Å²) in [5.74, 6) is -1.14. The predicted molar refractivity (Wildman–Crippen MR) is 112 cm³/mol. The normalized spacial score (nSPS) is 11.2. The van der Waals surface area contributed by atoms with Crippen molar-refractivity contribution in [1.82, 2.24) is 0 Å². The van der Waals surface area contributed by atoms with Crippen LogP contribution in [0.3, 0.4) is 0 Å². The molecule has 3 nitrogen and oxygen atoms in total. The van der Waals surface area contributed by atoms with Gasteiger partial charge in [0.1, 0.15) is 9.68 Å². The molecule has 0 radical (unpaired) electrons. The fourth-order valence-corrected chi connectivity index (χ4v) is 5.05. The molecule has 0 bridgehead atoms. The Labute approximate surface area is 191 Å². The molecule has 0 heterocycles. The Morgan fingerprint density at radius 2 is 1.39 bits per heavy atom. The second kappa shape index (κ2) is 10.6. The maximum atomic E-state index is 10.8. The van der Waals surface area contributed by atoms with Gasteiger partial charge in [0.25, 0.3) is 0 Å². The van der Waals surface area contributed by atoms with E-state index in [4.69, 9.17) is 0 Å². The van der Waals surface area contributed by atoms with E-state index in [1.165, 1.54) is 11.1 Å². The molecule has 0 aromatic heterocycles. The van der Waals surface area contributed by atoms with E-state index in [-0.39, 0.29) is 40.5 Å². The summed E-state index contributed by atoms with van der Waals surface area (Å²) in [5, 5.41) is 10.8. The Morgan fingerprint density at radius 1 is 0.893 bits per heavy atom. The van der Waals surface area contributed by atoms with E-state index in [0.717, 1.165) is 18.2 Å². The number of carboxylic acids is 1. The third-order valence-corrected chi connectivity index (χ3v) is 6.49. The average Bonchev–Trinajstić information content (AvgIpc) is 2.72. The van der Waals surface area contributed by atoms with Gasteiger partial charge in [0, 0.05) is 11.1 Å². The summed E-state index contributed by atoms with van der Waals surface area (Å²) in [6.07, 6.45) is 1.07. The summed E-state index contributed by atoms with van der Waals surface area (Å²) >= 11 is 0. The molecule has 3 aromatic rings. The number of anilines is 1. The summed E-state index contributed by atoms with van der Waals surface area (Å²) < 4.78 is 0. The summed E-state index contributed by atoms with van der Waals surface area (Å²) in [7, 11) is -0.521. The quantitative estimate of drug-likeness (QED) is 0.441. The number of carbonyl (C=O) groups is 1. The number of benzene rings is 3. The van der Waals surface area contributed by atoms with Gasteiger partial charge in [-0.25, -0.2) is 0 Å². The topological polar surface area (TPSA) is 52.2 Å². The van der Waals surface area contributed by atoms with E-state index in [1.54, 1.807) is 12.1 Å². The van der Waals surface area contributed by atoms with Crippen LogP contribution in [0.1, 0.15) is 34.8 Å². The minimum atomic E-state index is -1.14. The molecule has 3 rings (SSSR count). The smallest absolute Gasteiger partial charge is 0.545 e. The second-order valence-corrected chi connectivity index (χ2v) is 8.52. The van der Waals surface area contributed by atoms with Gasteiger partial charge in [0.05, 0.1) is 5.97 Å². The minimum absolute atomic E-state index is 0. The molecule has 5 heteroatoms. The Balaban J connectivity index is 0.00000280. The Morgan fingerprint density at radius 3 is 1.86 bits per heavy atom. The molecule has 0 aliphatic carbocycles. The van der Waals surface area contributed by atoms with Crippen LogP contribution in [0.5, 0.6) is 0 Å². The molecular formula is C23H24NNaO2Si. The number of hydrogen-bond donors (Lipinski definition) is 1. The molecule has 0 spiro atoms. The SMILES string of the molecule is CC(CC[SiH2]Nc1ccc(C(=O)[O-])cc1)(c1ccccc1)c1ccccc1.[Na+]. The fourth-order valence-electron chi connectivity index (χ4n) is 3.47. The Bertz CT molecular complexity index is 831. The third kappa shape index (κ3) is 5.58. The van der Waals surface area contributed by atoms with Gasteiger partial charge in [-0.05, 0) is 41.3 Å². The molecular weight excluding hydrogens is 373 g/mol. The van der Waals surface area contributed by atoms with Crippen LogP contribution in [0.15, 0.2) is 84.9 Å². The van der Waals surface area contributed by atoms with Crippen LogP contribution in [-0.4, -0.2) is 15.7 Å². The summed E-state index contributed by atoms with van der Waals surface area (Å²) in [6, 6.07) is 29.3. The van der Waals surface area contributed by atoms with E-state index in [0.29, 0.717) is 0 Å². The zero-order chi connectivity index (χ0) is 19.1. The molecule has 0 fully saturated rings. The molecule has 0 amide bonds. The Hall–Kier alpha value is -1.85. The first-order chi connectivity index (χ1) is 13.1. The van der Waals surface area contributed by atoms with Crippen LogP contribution < -0.4 is 39.6 Å². The van der Waals surface area contributed by atoms with Crippen LogP contribution in [-0.2, 0) is 5.41 Å². The van der Waals surface area contributed by atoms with Crippen molar-refractivity contribution >= 4 is 21.3 Å². The van der Waals surface area contributed by atoms with Crippen LogP contribution >= 0.6 is 0 Å². The van der Waals surface area contributed by atoms with Gasteiger partial charge in [-0.3, -0.25) is 0 Å². The number of rotatable bonds is 8. The monoisotopic (exact) mass is 397 g/mol. The van der Waals surface area contributed by atoms with E-state index in [1.807, 2.05) is 12.1 Å². The van der Waals surface area contributed by atoms with Crippen molar-refractivity contribution < 1.29 is 39.5 Å². The average molecular weight is 398 g/mol. The number of nitrogens with one attached hydrogen (secondary N) is 1. The fraction of sp³-hybridized carbons (Fsp3) is 0.174.